The number of hydrogen-bond donors (Lipinski definition) is 1. The van der Waals surface area contributed by atoms with Crippen molar-refractivity contribution in [2.45, 2.75) is 33.2 Å². The molecule has 1 unspecified atom stereocenters. The molecule has 20 heavy (non-hydrogen) atoms. The molecule has 0 saturated heterocycles. The standard InChI is InChI=1S/C16H20FN3/c1-10-7-14(17)6-5-13(10)9-16(18-4)15-8-11(2)19-20-12(15)3/h5-8,16,18H,9H2,1-4H3. The molecule has 0 saturated carbocycles. The Balaban J connectivity index is 2.31. The number of nitrogens with zero attached hydrogens (tertiary/aromatic N) is 2. The molecule has 4 heteroatoms. The van der Waals surface area contributed by atoms with Crippen LogP contribution in [0.1, 0.15) is 34.1 Å². The van der Waals surface area contributed by atoms with Gasteiger partial charge in [-0.15, -0.1) is 0 Å². The van der Waals surface area contributed by atoms with Crippen molar-refractivity contribution < 1.29 is 4.39 Å². The molecule has 0 radical (unpaired) electrons. The second-order valence-electron chi connectivity index (χ2n) is 5.14. The molecule has 1 heterocycles. The molecule has 106 valence electrons. The monoisotopic (exact) mass is 273 g/mol. The first-order valence-electron chi connectivity index (χ1n) is 6.74. The average Bonchev–Trinajstić information content (AvgIpc) is 2.41. The van der Waals surface area contributed by atoms with Gasteiger partial charge in [0.25, 0.3) is 0 Å². The molecule has 1 N–H and O–H groups in total. The molecule has 2 aromatic rings. The number of likely N-dealkylation sites (N-methyl/N-ethyl adjacent to an activating group) is 1. The van der Waals surface area contributed by atoms with E-state index in [-0.39, 0.29) is 11.9 Å². The first-order chi connectivity index (χ1) is 9.51. The Morgan fingerprint density at radius 3 is 2.55 bits per heavy atom. The summed E-state index contributed by atoms with van der Waals surface area (Å²) < 4.78 is 13.2. The van der Waals surface area contributed by atoms with Gasteiger partial charge in [-0.2, -0.15) is 10.2 Å². The molecule has 2 rings (SSSR count). The van der Waals surface area contributed by atoms with Gasteiger partial charge in [-0.05, 0) is 69.1 Å². The zero-order chi connectivity index (χ0) is 14.7. The number of aryl methyl sites for hydroxylation is 3. The maximum atomic E-state index is 13.2. The molecule has 0 fully saturated rings. The predicted octanol–water partition coefficient (Wildman–Crippen LogP) is 3.04. The number of benzene rings is 1. The van der Waals surface area contributed by atoms with Crippen molar-refractivity contribution in [1.29, 1.82) is 0 Å². The maximum absolute atomic E-state index is 13.2. The molecule has 1 atom stereocenters. The van der Waals surface area contributed by atoms with Crippen LogP contribution in [-0.4, -0.2) is 17.2 Å². The Labute approximate surface area is 119 Å². The summed E-state index contributed by atoms with van der Waals surface area (Å²) >= 11 is 0. The van der Waals surface area contributed by atoms with E-state index in [0.29, 0.717) is 0 Å². The third kappa shape index (κ3) is 3.20. The van der Waals surface area contributed by atoms with E-state index in [2.05, 4.69) is 21.6 Å². The lowest BCUT2D eigenvalue weighted by Crippen LogP contribution is -2.21. The first-order valence-corrected chi connectivity index (χ1v) is 6.74. The quantitative estimate of drug-likeness (QED) is 0.930. The Bertz CT molecular complexity index is 611. The third-order valence-electron chi connectivity index (χ3n) is 3.59. The van der Waals surface area contributed by atoms with Gasteiger partial charge in [-0.25, -0.2) is 4.39 Å². The van der Waals surface area contributed by atoms with Crippen LogP contribution >= 0.6 is 0 Å². The Hall–Kier alpha value is -1.81. The third-order valence-corrected chi connectivity index (χ3v) is 3.59. The lowest BCUT2D eigenvalue weighted by atomic mass is 9.95. The van der Waals surface area contributed by atoms with Crippen molar-refractivity contribution in [3.05, 3.63) is 58.2 Å². The fourth-order valence-electron chi connectivity index (χ4n) is 2.40. The summed E-state index contributed by atoms with van der Waals surface area (Å²) in [4.78, 5) is 0. The number of halogens is 1. The van der Waals surface area contributed by atoms with E-state index in [0.717, 1.165) is 34.5 Å². The molecular weight excluding hydrogens is 253 g/mol. The smallest absolute Gasteiger partial charge is 0.123 e. The van der Waals surface area contributed by atoms with Crippen LogP contribution in [0.3, 0.4) is 0 Å². The number of aromatic nitrogens is 2. The molecule has 1 aromatic heterocycles. The molecule has 0 aliphatic heterocycles. The zero-order valence-corrected chi connectivity index (χ0v) is 12.4. The van der Waals surface area contributed by atoms with Gasteiger partial charge in [-0.3, -0.25) is 0 Å². The van der Waals surface area contributed by atoms with E-state index in [4.69, 9.17) is 0 Å². The van der Waals surface area contributed by atoms with E-state index < -0.39 is 0 Å². The highest BCUT2D eigenvalue weighted by Crippen LogP contribution is 2.22. The van der Waals surface area contributed by atoms with Crippen LogP contribution in [0, 0.1) is 26.6 Å². The average molecular weight is 273 g/mol. The number of hydrogen-bond acceptors (Lipinski definition) is 3. The van der Waals surface area contributed by atoms with E-state index >= 15 is 0 Å². The normalized spacial score (nSPS) is 12.4. The van der Waals surface area contributed by atoms with Crippen LogP contribution < -0.4 is 5.32 Å². The van der Waals surface area contributed by atoms with Crippen LogP contribution in [0.4, 0.5) is 4.39 Å². The minimum absolute atomic E-state index is 0.147. The summed E-state index contributed by atoms with van der Waals surface area (Å²) in [5.41, 5.74) is 5.08. The van der Waals surface area contributed by atoms with Crippen molar-refractivity contribution in [2.24, 2.45) is 0 Å². The topological polar surface area (TPSA) is 37.8 Å². The van der Waals surface area contributed by atoms with Gasteiger partial charge in [0.2, 0.25) is 0 Å². The minimum atomic E-state index is -0.190. The Morgan fingerprint density at radius 1 is 1.15 bits per heavy atom. The second kappa shape index (κ2) is 6.09. The van der Waals surface area contributed by atoms with Gasteiger partial charge in [0, 0.05) is 6.04 Å². The fraction of sp³-hybridized carbons (Fsp3) is 0.375. The van der Waals surface area contributed by atoms with Gasteiger partial charge >= 0.3 is 0 Å². The minimum Gasteiger partial charge on any atom is -0.313 e. The summed E-state index contributed by atoms with van der Waals surface area (Å²) in [7, 11) is 1.93. The van der Waals surface area contributed by atoms with Crippen LogP contribution in [-0.2, 0) is 6.42 Å². The van der Waals surface area contributed by atoms with Crippen molar-refractivity contribution in [2.75, 3.05) is 7.05 Å². The van der Waals surface area contributed by atoms with E-state index in [1.807, 2.05) is 33.9 Å². The molecule has 0 aliphatic carbocycles. The second-order valence-corrected chi connectivity index (χ2v) is 5.14. The Kier molecular flexibility index (Phi) is 4.45. The predicted molar refractivity (Wildman–Crippen MR) is 78.1 cm³/mol. The van der Waals surface area contributed by atoms with Crippen molar-refractivity contribution in [1.82, 2.24) is 15.5 Å². The van der Waals surface area contributed by atoms with Crippen molar-refractivity contribution >= 4 is 0 Å². The van der Waals surface area contributed by atoms with Crippen LogP contribution in [0.25, 0.3) is 0 Å². The summed E-state index contributed by atoms with van der Waals surface area (Å²) in [5.74, 6) is -0.190. The highest BCUT2D eigenvalue weighted by Gasteiger charge is 2.15. The SMILES string of the molecule is CNC(Cc1ccc(F)cc1C)c1cc(C)nnc1C. The summed E-state index contributed by atoms with van der Waals surface area (Å²) in [6.45, 7) is 5.84. The number of nitrogens with one attached hydrogen (secondary N) is 1. The lowest BCUT2D eigenvalue weighted by Gasteiger charge is -2.19. The first kappa shape index (κ1) is 14.6. The summed E-state index contributed by atoms with van der Waals surface area (Å²) in [6, 6.07) is 7.14. The molecule has 0 bridgehead atoms. The zero-order valence-electron chi connectivity index (χ0n) is 12.4. The summed E-state index contributed by atoms with van der Waals surface area (Å²) in [6.07, 6.45) is 0.800. The van der Waals surface area contributed by atoms with Gasteiger partial charge < -0.3 is 5.32 Å². The van der Waals surface area contributed by atoms with Crippen LogP contribution in [0.2, 0.25) is 0 Å². The van der Waals surface area contributed by atoms with Gasteiger partial charge in [0.05, 0.1) is 11.4 Å². The highest BCUT2D eigenvalue weighted by molar-refractivity contribution is 5.31. The van der Waals surface area contributed by atoms with Gasteiger partial charge in [0.15, 0.2) is 0 Å². The van der Waals surface area contributed by atoms with Gasteiger partial charge in [-0.1, -0.05) is 6.07 Å². The molecule has 3 nitrogen and oxygen atoms in total. The molecule has 1 aromatic carbocycles. The summed E-state index contributed by atoms with van der Waals surface area (Å²) in [5, 5.41) is 11.6. The van der Waals surface area contributed by atoms with E-state index in [1.54, 1.807) is 6.07 Å². The maximum Gasteiger partial charge on any atom is 0.123 e. The van der Waals surface area contributed by atoms with Crippen LogP contribution in [0.15, 0.2) is 24.3 Å². The number of rotatable bonds is 4. The molecule has 0 amide bonds. The van der Waals surface area contributed by atoms with E-state index in [1.165, 1.54) is 6.07 Å². The largest absolute Gasteiger partial charge is 0.313 e. The van der Waals surface area contributed by atoms with Crippen molar-refractivity contribution in [3.63, 3.8) is 0 Å². The molecular formula is C16H20FN3. The molecule has 0 spiro atoms. The Morgan fingerprint density at radius 2 is 1.90 bits per heavy atom. The van der Waals surface area contributed by atoms with Crippen LogP contribution in [0.5, 0.6) is 0 Å². The van der Waals surface area contributed by atoms with E-state index in [9.17, 15) is 4.39 Å². The highest BCUT2D eigenvalue weighted by atomic mass is 19.1. The van der Waals surface area contributed by atoms with Crippen molar-refractivity contribution in [3.8, 4) is 0 Å². The fourth-order valence-corrected chi connectivity index (χ4v) is 2.40. The molecule has 0 aliphatic rings. The van der Waals surface area contributed by atoms with Gasteiger partial charge in [0.1, 0.15) is 5.82 Å². The lowest BCUT2D eigenvalue weighted by molar-refractivity contribution is 0.578.